The first-order valence-electron chi connectivity index (χ1n) is 6.65. The van der Waals surface area contributed by atoms with E-state index in [1.165, 1.54) is 30.3 Å². The Morgan fingerprint density at radius 1 is 1.12 bits per heavy atom. The average molecular weight is 379 g/mol. The summed E-state index contributed by atoms with van der Waals surface area (Å²) in [7, 11) is 0. The fraction of sp³-hybridized carbons (Fsp3) is 0. The number of nitrogens with zero attached hydrogens (tertiary/aromatic N) is 1. The molecule has 1 amide bonds. The van der Waals surface area contributed by atoms with E-state index in [2.05, 4.69) is 10.6 Å². The van der Waals surface area contributed by atoms with Crippen molar-refractivity contribution in [3.05, 3.63) is 68.7 Å². The predicted molar refractivity (Wildman–Crippen MR) is 92.6 cm³/mol. The SMILES string of the molecule is O=C([O-])c1ccc(NC(=S)NC(=O)c2ccc([N+](=O)[O-])cc2Cl)cc1. The number of carboxylic acid groups (broad SMARTS) is 1. The highest BCUT2D eigenvalue weighted by molar-refractivity contribution is 7.80. The molecule has 0 bridgehead atoms. The number of anilines is 1. The first-order valence-corrected chi connectivity index (χ1v) is 7.44. The van der Waals surface area contributed by atoms with Gasteiger partial charge in [0.1, 0.15) is 0 Å². The maximum atomic E-state index is 12.1. The van der Waals surface area contributed by atoms with Gasteiger partial charge in [0.15, 0.2) is 5.11 Å². The lowest BCUT2D eigenvalue weighted by molar-refractivity contribution is -0.384. The molecular weight excluding hydrogens is 370 g/mol. The zero-order valence-electron chi connectivity index (χ0n) is 12.3. The lowest BCUT2D eigenvalue weighted by atomic mass is 10.2. The minimum Gasteiger partial charge on any atom is -0.545 e. The van der Waals surface area contributed by atoms with Crippen molar-refractivity contribution in [2.75, 3.05) is 5.32 Å². The van der Waals surface area contributed by atoms with E-state index >= 15 is 0 Å². The molecule has 10 heteroatoms. The topological polar surface area (TPSA) is 124 Å². The second-order valence-corrected chi connectivity index (χ2v) is 5.51. The number of thiocarbonyl (C=S) groups is 1. The maximum absolute atomic E-state index is 12.1. The van der Waals surface area contributed by atoms with Crippen LogP contribution in [-0.2, 0) is 0 Å². The van der Waals surface area contributed by atoms with Crippen molar-refractivity contribution in [1.29, 1.82) is 0 Å². The summed E-state index contributed by atoms with van der Waals surface area (Å²) in [4.78, 5) is 32.8. The Balaban J connectivity index is 2.03. The van der Waals surface area contributed by atoms with E-state index in [1.54, 1.807) is 0 Å². The van der Waals surface area contributed by atoms with Gasteiger partial charge in [0.05, 0.1) is 21.5 Å². The Labute approximate surface area is 151 Å². The molecule has 0 aliphatic heterocycles. The third kappa shape index (κ3) is 4.72. The van der Waals surface area contributed by atoms with E-state index in [-0.39, 0.29) is 26.9 Å². The number of amides is 1. The average Bonchev–Trinajstić information content (AvgIpc) is 2.54. The van der Waals surface area contributed by atoms with Crippen LogP contribution in [-0.4, -0.2) is 21.9 Å². The number of carboxylic acids is 1. The number of hydrogen-bond acceptors (Lipinski definition) is 6. The van der Waals surface area contributed by atoms with Crippen LogP contribution in [0.15, 0.2) is 42.5 Å². The number of rotatable bonds is 4. The molecule has 0 spiro atoms. The number of carbonyl (C=O) groups is 2. The maximum Gasteiger partial charge on any atom is 0.270 e. The monoisotopic (exact) mass is 378 g/mol. The standard InChI is InChI=1S/C15H10ClN3O5S/c16-12-7-10(19(23)24)5-6-11(12)13(20)18-15(25)17-9-3-1-8(2-4-9)14(21)22/h1-7H,(H,21,22)(H2,17,18,20,25)/p-1. The van der Waals surface area contributed by atoms with E-state index in [1.807, 2.05) is 0 Å². The summed E-state index contributed by atoms with van der Waals surface area (Å²) < 4.78 is 0. The van der Waals surface area contributed by atoms with Gasteiger partial charge < -0.3 is 15.2 Å². The first kappa shape index (κ1) is 18.3. The second kappa shape index (κ2) is 7.69. The number of nitro benzene ring substituents is 1. The van der Waals surface area contributed by atoms with Crippen LogP contribution in [0.2, 0.25) is 5.02 Å². The van der Waals surface area contributed by atoms with Crippen molar-refractivity contribution in [1.82, 2.24) is 5.32 Å². The van der Waals surface area contributed by atoms with Gasteiger partial charge in [-0.25, -0.2) is 0 Å². The van der Waals surface area contributed by atoms with E-state index in [9.17, 15) is 24.8 Å². The van der Waals surface area contributed by atoms with E-state index < -0.39 is 16.8 Å². The molecule has 0 radical (unpaired) electrons. The van der Waals surface area contributed by atoms with Gasteiger partial charge in [0.25, 0.3) is 11.6 Å². The Bertz CT molecular complexity index is 870. The molecule has 2 aromatic carbocycles. The molecule has 0 aliphatic carbocycles. The number of hydrogen-bond donors (Lipinski definition) is 2. The summed E-state index contributed by atoms with van der Waals surface area (Å²) in [6.45, 7) is 0. The van der Waals surface area contributed by atoms with Gasteiger partial charge in [-0.2, -0.15) is 0 Å². The van der Waals surface area contributed by atoms with Gasteiger partial charge >= 0.3 is 0 Å². The van der Waals surface area contributed by atoms with Crippen molar-refractivity contribution < 1.29 is 19.6 Å². The van der Waals surface area contributed by atoms with Crippen LogP contribution in [0, 0.1) is 10.1 Å². The van der Waals surface area contributed by atoms with Crippen LogP contribution < -0.4 is 15.7 Å². The fourth-order valence-corrected chi connectivity index (χ4v) is 2.30. The number of halogens is 1. The lowest BCUT2D eigenvalue weighted by Gasteiger charge is -2.11. The predicted octanol–water partition coefficient (Wildman–Crippen LogP) is 1.74. The van der Waals surface area contributed by atoms with E-state index in [0.717, 1.165) is 12.1 Å². The van der Waals surface area contributed by atoms with Crippen LogP contribution in [0.5, 0.6) is 0 Å². The zero-order chi connectivity index (χ0) is 18.6. The van der Waals surface area contributed by atoms with Crippen molar-refractivity contribution in [3.8, 4) is 0 Å². The Morgan fingerprint density at radius 3 is 2.28 bits per heavy atom. The van der Waals surface area contributed by atoms with Crippen LogP contribution in [0.25, 0.3) is 0 Å². The highest BCUT2D eigenvalue weighted by Crippen LogP contribution is 2.22. The summed E-state index contributed by atoms with van der Waals surface area (Å²) in [6.07, 6.45) is 0. The minimum absolute atomic E-state index is 0.00170. The molecule has 0 saturated heterocycles. The van der Waals surface area contributed by atoms with Crippen LogP contribution in [0.3, 0.4) is 0 Å². The largest absolute Gasteiger partial charge is 0.545 e. The molecule has 0 fully saturated rings. The van der Waals surface area contributed by atoms with Crippen LogP contribution in [0.1, 0.15) is 20.7 Å². The van der Waals surface area contributed by atoms with Gasteiger partial charge in [0.2, 0.25) is 0 Å². The highest BCUT2D eigenvalue weighted by Gasteiger charge is 2.15. The molecule has 2 aromatic rings. The summed E-state index contributed by atoms with van der Waals surface area (Å²) in [5, 5.41) is 26.2. The van der Waals surface area contributed by atoms with E-state index in [4.69, 9.17) is 23.8 Å². The van der Waals surface area contributed by atoms with Crippen molar-refractivity contribution in [3.63, 3.8) is 0 Å². The molecule has 0 saturated carbocycles. The number of benzene rings is 2. The van der Waals surface area contributed by atoms with Gasteiger partial charge in [-0.3, -0.25) is 20.2 Å². The molecular formula is C15H9ClN3O5S-. The Hall–Kier alpha value is -3.04. The highest BCUT2D eigenvalue weighted by atomic mass is 35.5. The van der Waals surface area contributed by atoms with E-state index in [0.29, 0.717) is 5.69 Å². The minimum atomic E-state index is -1.31. The molecule has 8 nitrogen and oxygen atoms in total. The van der Waals surface area contributed by atoms with Gasteiger partial charge in [0, 0.05) is 17.8 Å². The Morgan fingerprint density at radius 2 is 1.76 bits per heavy atom. The first-order chi connectivity index (χ1) is 11.8. The van der Waals surface area contributed by atoms with Gasteiger partial charge in [-0.15, -0.1) is 0 Å². The fourth-order valence-electron chi connectivity index (χ4n) is 1.82. The number of nitrogens with one attached hydrogen (secondary N) is 2. The van der Waals surface area contributed by atoms with Crippen molar-refractivity contribution in [2.45, 2.75) is 0 Å². The lowest BCUT2D eigenvalue weighted by Crippen LogP contribution is -2.34. The zero-order valence-corrected chi connectivity index (χ0v) is 13.9. The third-order valence-corrected chi connectivity index (χ3v) is 3.53. The van der Waals surface area contributed by atoms with Crippen LogP contribution in [0.4, 0.5) is 11.4 Å². The number of non-ortho nitro benzene ring substituents is 1. The number of nitro groups is 1. The summed E-state index contributed by atoms with van der Waals surface area (Å²) in [6, 6.07) is 8.95. The van der Waals surface area contributed by atoms with Gasteiger partial charge in [-0.1, -0.05) is 23.7 Å². The normalized spacial score (nSPS) is 9.96. The van der Waals surface area contributed by atoms with Gasteiger partial charge in [-0.05, 0) is 36.0 Å². The quantitative estimate of drug-likeness (QED) is 0.471. The number of aromatic carboxylic acids is 1. The van der Waals surface area contributed by atoms with Crippen molar-refractivity contribution in [2.24, 2.45) is 0 Å². The molecule has 25 heavy (non-hydrogen) atoms. The third-order valence-electron chi connectivity index (χ3n) is 3.01. The molecule has 128 valence electrons. The summed E-state index contributed by atoms with van der Waals surface area (Å²) in [5.41, 5.74) is 0.224. The molecule has 0 aromatic heterocycles. The summed E-state index contributed by atoms with van der Waals surface area (Å²) in [5.74, 6) is -1.96. The molecule has 0 heterocycles. The molecule has 0 atom stereocenters. The molecule has 0 aliphatic rings. The summed E-state index contributed by atoms with van der Waals surface area (Å²) >= 11 is 10.9. The molecule has 0 unspecified atom stereocenters. The van der Waals surface area contributed by atoms with Crippen molar-refractivity contribution >= 4 is 52.2 Å². The molecule has 2 N–H and O–H groups in total. The second-order valence-electron chi connectivity index (χ2n) is 4.69. The van der Waals surface area contributed by atoms with Crippen LogP contribution >= 0.6 is 23.8 Å². The smallest absolute Gasteiger partial charge is 0.270 e. The number of carbonyl (C=O) groups excluding carboxylic acids is 2. The molecule has 2 rings (SSSR count). The Kier molecular flexibility index (Phi) is 5.63.